The summed E-state index contributed by atoms with van der Waals surface area (Å²) < 4.78 is 0.248. The lowest BCUT2D eigenvalue weighted by Gasteiger charge is -2.23. The average molecular weight is 344 g/mol. The van der Waals surface area contributed by atoms with Crippen molar-refractivity contribution in [2.75, 3.05) is 0 Å². The van der Waals surface area contributed by atoms with E-state index < -0.39 is 6.10 Å². The predicted octanol–water partition coefficient (Wildman–Crippen LogP) is 3.22. The van der Waals surface area contributed by atoms with Crippen molar-refractivity contribution in [1.29, 1.82) is 0 Å². The summed E-state index contributed by atoms with van der Waals surface area (Å²) >= 11 is 2.32. The molecule has 1 saturated carbocycles. The number of alkyl halides is 1. The Balaban J connectivity index is 2.21. The molecule has 92 valence electrons. The van der Waals surface area contributed by atoms with Gasteiger partial charge in [0.25, 0.3) is 0 Å². The maximum atomic E-state index is 12.4. The molecule has 1 aliphatic carbocycles. The monoisotopic (exact) mass is 344 g/mol. The molecule has 2 nitrogen and oxygen atoms in total. The number of carbonyl (C=O) groups is 1. The van der Waals surface area contributed by atoms with E-state index in [4.69, 9.17) is 0 Å². The molecule has 0 saturated heterocycles. The van der Waals surface area contributed by atoms with Crippen LogP contribution in [0.1, 0.15) is 36.0 Å². The summed E-state index contributed by atoms with van der Waals surface area (Å²) in [6.45, 7) is 0. The third kappa shape index (κ3) is 3.07. The van der Waals surface area contributed by atoms with Crippen LogP contribution in [0.2, 0.25) is 0 Å². The highest BCUT2D eigenvalue weighted by Crippen LogP contribution is 2.32. The van der Waals surface area contributed by atoms with Crippen LogP contribution >= 0.6 is 22.6 Å². The second kappa shape index (κ2) is 5.96. The molecule has 0 aromatic heterocycles. The number of aliphatic hydroxyl groups excluding tert-OH is 1. The predicted molar refractivity (Wildman–Crippen MR) is 76.5 cm³/mol. The molecular weight excluding hydrogens is 327 g/mol. The zero-order valence-electron chi connectivity index (χ0n) is 9.68. The summed E-state index contributed by atoms with van der Waals surface area (Å²) in [6, 6.07) is 9.32. The van der Waals surface area contributed by atoms with E-state index in [1.54, 1.807) is 0 Å². The van der Waals surface area contributed by atoms with Gasteiger partial charge in [-0.1, -0.05) is 65.8 Å². The van der Waals surface area contributed by atoms with Crippen molar-refractivity contribution in [3.8, 4) is 0 Å². The fourth-order valence-corrected chi connectivity index (χ4v) is 3.67. The van der Waals surface area contributed by atoms with E-state index in [1.165, 1.54) is 0 Å². The molecule has 1 aliphatic rings. The molecule has 0 aliphatic heterocycles. The van der Waals surface area contributed by atoms with Crippen molar-refractivity contribution >= 4 is 28.4 Å². The van der Waals surface area contributed by atoms with Crippen molar-refractivity contribution < 1.29 is 9.90 Å². The molecule has 0 unspecified atom stereocenters. The number of aliphatic hydroxyl groups is 1. The summed E-state index contributed by atoms with van der Waals surface area (Å²) in [5.41, 5.74) is 0.722. The van der Waals surface area contributed by atoms with E-state index >= 15 is 0 Å². The normalized spacial score (nSPS) is 29.6. The minimum absolute atomic E-state index is 0.0967. The maximum Gasteiger partial charge on any atom is 0.169 e. The fourth-order valence-electron chi connectivity index (χ4n) is 2.43. The van der Waals surface area contributed by atoms with Crippen molar-refractivity contribution in [3.05, 3.63) is 35.9 Å². The SMILES string of the molecule is O=C(c1ccccc1)[C@H]1[C@@H](O)CCCC[C@@H]1I. The summed E-state index contributed by atoms with van der Waals surface area (Å²) in [5.74, 6) is -0.139. The highest BCUT2D eigenvalue weighted by atomic mass is 127. The van der Waals surface area contributed by atoms with Crippen LogP contribution in [0, 0.1) is 5.92 Å². The summed E-state index contributed by atoms with van der Waals surface area (Å²) in [6.07, 6.45) is 3.44. The number of halogens is 1. The van der Waals surface area contributed by atoms with Crippen LogP contribution in [0.15, 0.2) is 30.3 Å². The highest BCUT2D eigenvalue weighted by molar-refractivity contribution is 14.1. The molecule has 0 heterocycles. The van der Waals surface area contributed by atoms with Crippen LogP contribution in [0.3, 0.4) is 0 Å². The standard InChI is InChI=1S/C14H17IO2/c15-11-8-4-5-9-12(16)13(11)14(17)10-6-2-1-3-7-10/h1-3,6-7,11-13,16H,4-5,8-9H2/t11-,12-,13+/m0/s1. The second-order valence-corrected chi connectivity index (χ2v) is 6.22. The molecule has 1 fully saturated rings. The van der Waals surface area contributed by atoms with E-state index in [2.05, 4.69) is 22.6 Å². The van der Waals surface area contributed by atoms with E-state index in [0.29, 0.717) is 0 Å². The third-order valence-corrected chi connectivity index (χ3v) is 4.79. The lowest BCUT2D eigenvalue weighted by atomic mass is 9.89. The first-order chi connectivity index (χ1) is 8.20. The lowest BCUT2D eigenvalue weighted by Crippen LogP contribution is -2.34. The Morgan fingerprint density at radius 1 is 1.18 bits per heavy atom. The Kier molecular flexibility index (Phi) is 4.56. The Morgan fingerprint density at radius 2 is 1.82 bits per heavy atom. The maximum absolute atomic E-state index is 12.4. The largest absolute Gasteiger partial charge is 0.392 e. The van der Waals surface area contributed by atoms with Gasteiger partial charge in [-0.2, -0.15) is 0 Å². The minimum atomic E-state index is -0.480. The van der Waals surface area contributed by atoms with Crippen LogP contribution < -0.4 is 0 Å². The number of Topliss-reactive ketones (excluding diaryl/α,β-unsaturated/α-hetero) is 1. The van der Waals surface area contributed by atoms with Crippen LogP contribution in [0.4, 0.5) is 0 Å². The smallest absolute Gasteiger partial charge is 0.169 e. The number of ketones is 1. The zero-order valence-corrected chi connectivity index (χ0v) is 11.8. The number of carbonyl (C=O) groups excluding carboxylic acids is 1. The number of benzene rings is 1. The summed E-state index contributed by atoms with van der Waals surface area (Å²) in [4.78, 5) is 12.4. The van der Waals surface area contributed by atoms with Gasteiger partial charge in [0, 0.05) is 9.49 Å². The van der Waals surface area contributed by atoms with Gasteiger partial charge in [-0.05, 0) is 12.8 Å². The quantitative estimate of drug-likeness (QED) is 0.387. The molecule has 0 radical (unpaired) electrons. The summed E-state index contributed by atoms with van der Waals surface area (Å²) in [5, 5.41) is 10.1. The first-order valence-corrected chi connectivity index (χ1v) is 7.36. The molecule has 1 aromatic carbocycles. The third-order valence-electron chi connectivity index (χ3n) is 3.40. The highest BCUT2D eigenvalue weighted by Gasteiger charge is 2.34. The van der Waals surface area contributed by atoms with E-state index in [-0.39, 0.29) is 15.6 Å². The number of hydrogen-bond donors (Lipinski definition) is 1. The van der Waals surface area contributed by atoms with Crippen molar-refractivity contribution in [2.24, 2.45) is 5.92 Å². The Hall–Kier alpha value is -0.420. The number of hydrogen-bond acceptors (Lipinski definition) is 2. The molecule has 0 amide bonds. The van der Waals surface area contributed by atoms with Crippen molar-refractivity contribution in [3.63, 3.8) is 0 Å². The van der Waals surface area contributed by atoms with Gasteiger partial charge >= 0.3 is 0 Å². The van der Waals surface area contributed by atoms with Crippen LogP contribution in [0.25, 0.3) is 0 Å². The van der Waals surface area contributed by atoms with Gasteiger partial charge in [-0.25, -0.2) is 0 Å². The fraction of sp³-hybridized carbons (Fsp3) is 0.500. The van der Waals surface area contributed by atoms with Gasteiger partial charge in [0.1, 0.15) is 0 Å². The molecule has 0 spiro atoms. The first kappa shape index (κ1) is 13.0. The molecule has 1 N–H and O–H groups in total. The topological polar surface area (TPSA) is 37.3 Å². The van der Waals surface area contributed by atoms with Gasteiger partial charge in [0.05, 0.1) is 12.0 Å². The van der Waals surface area contributed by atoms with Gasteiger partial charge in [0.2, 0.25) is 0 Å². The molecule has 3 atom stereocenters. The molecular formula is C14H17IO2. The molecule has 3 heteroatoms. The summed E-state index contributed by atoms with van der Waals surface area (Å²) in [7, 11) is 0. The Bertz CT molecular complexity index is 365. The average Bonchev–Trinajstić information content (AvgIpc) is 2.51. The van der Waals surface area contributed by atoms with Crippen LogP contribution in [-0.2, 0) is 0 Å². The van der Waals surface area contributed by atoms with Crippen molar-refractivity contribution in [1.82, 2.24) is 0 Å². The molecule has 2 rings (SSSR count). The Labute approximate surface area is 116 Å². The lowest BCUT2D eigenvalue weighted by molar-refractivity contribution is 0.0679. The molecule has 1 aromatic rings. The molecule has 17 heavy (non-hydrogen) atoms. The van der Waals surface area contributed by atoms with E-state index in [9.17, 15) is 9.90 Å². The second-order valence-electron chi connectivity index (χ2n) is 4.62. The van der Waals surface area contributed by atoms with Gasteiger partial charge in [-0.15, -0.1) is 0 Å². The molecule has 0 bridgehead atoms. The van der Waals surface area contributed by atoms with Gasteiger partial charge < -0.3 is 5.11 Å². The van der Waals surface area contributed by atoms with Gasteiger partial charge in [-0.3, -0.25) is 4.79 Å². The van der Waals surface area contributed by atoms with E-state index in [0.717, 1.165) is 31.2 Å². The van der Waals surface area contributed by atoms with Crippen LogP contribution in [0.5, 0.6) is 0 Å². The zero-order chi connectivity index (χ0) is 12.3. The first-order valence-electron chi connectivity index (χ1n) is 6.11. The van der Waals surface area contributed by atoms with E-state index in [1.807, 2.05) is 30.3 Å². The minimum Gasteiger partial charge on any atom is -0.392 e. The van der Waals surface area contributed by atoms with Crippen molar-refractivity contribution in [2.45, 2.75) is 35.7 Å². The Morgan fingerprint density at radius 3 is 2.53 bits per heavy atom. The van der Waals surface area contributed by atoms with Crippen LogP contribution in [-0.4, -0.2) is 20.9 Å². The number of rotatable bonds is 2. The van der Waals surface area contributed by atoms with Gasteiger partial charge in [0.15, 0.2) is 5.78 Å².